The minimum absolute atomic E-state index is 0.00703. The molecule has 1 saturated heterocycles. The molecule has 2 amide bonds. The van der Waals surface area contributed by atoms with Gasteiger partial charge in [0.2, 0.25) is 11.8 Å². The zero-order valence-corrected chi connectivity index (χ0v) is 18.5. The Labute approximate surface area is 184 Å². The fourth-order valence-corrected chi connectivity index (χ4v) is 5.24. The van der Waals surface area contributed by atoms with Crippen LogP contribution in [0.25, 0.3) is 0 Å². The van der Waals surface area contributed by atoms with Crippen LogP contribution in [0, 0.1) is 6.92 Å². The Morgan fingerprint density at radius 1 is 1.10 bits per heavy atom. The van der Waals surface area contributed by atoms with Crippen LogP contribution in [0.15, 0.2) is 48.5 Å². The molecule has 0 aliphatic carbocycles. The highest BCUT2D eigenvalue weighted by molar-refractivity contribution is 5.79. The third-order valence-corrected chi connectivity index (χ3v) is 6.99. The number of carbonyl (C=O) groups excluding carboxylic acids is 2. The normalized spacial score (nSPS) is 20.1. The standard InChI is InChI=1S/C26H32N2O3/c1-19-7-3-6-10-23(19)26(12-15-31-16-13-26)18-27-25(30)17-24-22-9-5-4-8-21(22)11-14-28(24)20(2)29/h3-10,24H,11-18H2,1-2H3,(H,27,30). The molecular weight excluding hydrogens is 388 g/mol. The number of hydrogen-bond donors (Lipinski definition) is 1. The summed E-state index contributed by atoms with van der Waals surface area (Å²) in [6, 6.07) is 16.4. The summed E-state index contributed by atoms with van der Waals surface area (Å²) < 4.78 is 5.64. The van der Waals surface area contributed by atoms with E-state index >= 15 is 0 Å². The molecule has 2 aliphatic rings. The Hall–Kier alpha value is -2.66. The number of fused-ring (bicyclic) bond motifs is 1. The van der Waals surface area contributed by atoms with Gasteiger partial charge in [-0.05, 0) is 48.4 Å². The summed E-state index contributed by atoms with van der Waals surface area (Å²) in [5.74, 6) is 0.0144. The SMILES string of the molecule is CC(=O)N1CCc2ccccc2C1CC(=O)NCC1(c2ccccc2C)CCOCC1. The number of rotatable bonds is 5. The first-order chi connectivity index (χ1) is 15.0. The molecule has 1 atom stereocenters. The maximum Gasteiger partial charge on any atom is 0.222 e. The lowest BCUT2D eigenvalue weighted by atomic mass is 9.72. The predicted molar refractivity (Wildman–Crippen MR) is 121 cm³/mol. The molecule has 164 valence electrons. The first kappa shape index (κ1) is 21.6. The van der Waals surface area contributed by atoms with Gasteiger partial charge < -0.3 is 15.0 Å². The van der Waals surface area contributed by atoms with Crippen LogP contribution in [0.4, 0.5) is 0 Å². The fourth-order valence-electron chi connectivity index (χ4n) is 5.24. The fraction of sp³-hybridized carbons (Fsp3) is 0.462. The first-order valence-electron chi connectivity index (χ1n) is 11.3. The lowest BCUT2D eigenvalue weighted by Gasteiger charge is -2.39. The second kappa shape index (κ2) is 9.23. The molecule has 1 fully saturated rings. The Kier molecular flexibility index (Phi) is 6.42. The number of carbonyl (C=O) groups is 2. The molecule has 0 aromatic heterocycles. The number of hydrogen-bond acceptors (Lipinski definition) is 3. The van der Waals surface area contributed by atoms with E-state index in [4.69, 9.17) is 4.74 Å². The van der Waals surface area contributed by atoms with Crippen LogP contribution in [0.5, 0.6) is 0 Å². The van der Waals surface area contributed by atoms with Gasteiger partial charge >= 0.3 is 0 Å². The van der Waals surface area contributed by atoms with Gasteiger partial charge in [0.25, 0.3) is 0 Å². The average molecular weight is 421 g/mol. The molecule has 31 heavy (non-hydrogen) atoms. The Morgan fingerprint density at radius 2 is 1.81 bits per heavy atom. The summed E-state index contributed by atoms with van der Waals surface area (Å²) >= 11 is 0. The van der Waals surface area contributed by atoms with Gasteiger partial charge in [0.15, 0.2) is 0 Å². The molecule has 0 spiro atoms. The average Bonchev–Trinajstić information content (AvgIpc) is 2.78. The van der Waals surface area contributed by atoms with Crippen LogP contribution in [0.2, 0.25) is 0 Å². The molecule has 2 aromatic carbocycles. The summed E-state index contributed by atoms with van der Waals surface area (Å²) in [5.41, 5.74) is 4.77. The molecule has 2 aromatic rings. The van der Waals surface area contributed by atoms with Crippen molar-refractivity contribution in [1.29, 1.82) is 0 Å². The van der Waals surface area contributed by atoms with Gasteiger partial charge in [-0.25, -0.2) is 0 Å². The van der Waals surface area contributed by atoms with Crippen LogP contribution < -0.4 is 5.32 Å². The molecular formula is C26H32N2O3. The second-order valence-corrected chi connectivity index (χ2v) is 8.87. The number of nitrogens with zero attached hydrogens (tertiary/aromatic N) is 1. The van der Waals surface area contributed by atoms with Crippen molar-refractivity contribution >= 4 is 11.8 Å². The van der Waals surface area contributed by atoms with E-state index in [2.05, 4.69) is 48.6 Å². The van der Waals surface area contributed by atoms with E-state index < -0.39 is 0 Å². The number of benzene rings is 2. The Morgan fingerprint density at radius 3 is 2.55 bits per heavy atom. The van der Waals surface area contributed by atoms with E-state index in [9.17, 15) is 9.59 Å². The van der Waals surface area contributed by atoms with Gasteiger partial charge in [0, 0.05) is 38.6 Å². The molecule has 4 rings (SSSR count). The van der Waals surface area contributed by atoms with Crippen molar-refractivity contribution in [3.8, 4) is 0 Å². The van der Waals surface area contributed by atoms with Crippen molar-refractivity contribution in [1.82, 2.24) is 10.2 Å². The minimum atomic E-state index is -0.202. The van der Waals surface area contributed by atoms with Gasteiger partial charge in [0.1, 0.15) is 0 Å². The quantitative estimate of drug-likeness (QED) is 0.803. The molecule has 0 bridgehead atoms. The van der Waals surface area contributed by atoms with Crippen LogP contribution >= 0.6 is 0 Å². The third kappa shape index (κ3) is 4.52. The summed E-state index contributed by atoms with van der Waals surface area (Å²) in [6.07, 6.45) is 2.91. The minimum Gasteiger partial charge on any atom is -0.381 e. The van der Waals surface area contributed by atoms with Crippen molar-refractivity contribution in [2.24, 2.45) is 0 Å². The highest BCUT2D eigenvalue weighted by Crippen LogP contribution is 2.37. The van der Waals surface area contributed by atoms with E-state index in [0.717, 1.165) is 24.8 Å². The molecule has 0 saturated carbocycles. The lowest BCUT2D eigenvalue weighted by Crippen LogP contribution is -2.46. The Bertz CT molecular complexity index is 949. The first-order valence-corrected chi connectivity index (χ1v) is 11.3. The van der Waals surface area contributed by atoms with E-state index in [1.54, 1.807) is 6.92 Å². The van der Waals surface area contributed by atoms with Crippen molar-refractivity contribution in [2.45, 2.75) is 51.0 Å². The van der Waals surface area contributed by atoms with Gasteiger partial charge in [-0.15, -0.1) is 0 Å². The maximum absolute atomic E-state index is 13.1. The van der Waals surface area contributed by atoms with Crippen LogP contribution in [0.3, 0.4) is 0 Å². The van der Waals surface area contributed by atoms with E-state index in [1.165, 1.54) is 16.7 Å². The van der Waals surface area contributed by atoms with Crippen molar-refractivity contribution < 1.29 is 14.3 Å². The van der Waals surface area contributed by atoms with E-state index in [1.807, 2.05) is 17.0 Å². The van der Waals surface area contributed by atoms with Crippen LogP contribution in [-0.4, -0.2) is 43.0 Å². The summed E-state index contributed by atoms with van der Waals surface area (Å²) in [7, 11) is 0. The molecule has 5 heteroatoms. The smallest absolute Gasteiger partial charge is 0.222 e. The molecule has 0 radical (unpaired) electrons. The predicted octanol–water partition coefficient (Wildman–Crippen LogP) is 3.70. The molecule has 2 aliphatic heterocycles. The molecule has 5 nitrogen and oxygen atoms in total. The lowest BCUT2D eigenvalue weighted by molar-refractivity contribution is -0.133. The maximum atomic E-state index is 13.1. The zero-order valence-electron chi connectivity index (χ0n) is 18.5. The van der Waals surface area contributed by atoms with Crippen LogP contribution in [0.1, 0.15) is 54.5 Å². The van der Waals surface area contributed by atoms with E-state index in [0.29, 0.717) is 26.3 Å². The highest BCUT2D eigenvalue weighted by atomic mass is 16.5. The van der Waals surface area contributed by atoms with Crippen molar-refractivity contribution in [3.05, 3.63) is 70.8 Å². The van der Waals surface area contributed by atoms with Gasteiger partial charge in [-0.3, -0.25) is 9.59 Å². The molecule has 1 unspecified atom stereocenters. The molecule has 1 N–H and O–H groups in total. The molecule has 2 heterocycles. The summed E-state index contributed by atoms with van der Waals surface area (Å²) in [6.45, 7) is 6.39. The monoisotopic (exact) mass is 420 g/mol. The number of nitrogens with one attached hydrogen (secondary N) is 1. The van der Waals surface area contributed by atoms with Crippen molar-refractivity contribution in [3.63, 3.8) is 0 Å². The van der Waals surface area contributed by atoms with Gasteiger partial charge in [-0.2, -0.15) is 0 Å². The third-order valence-electron chi connectivity index (χ3n) is 6.99. The topological polar surface area (TPSA) is 58.6 Å². The van der Waals surface area contributed by atoms with Gasteiger partial charge in [0.05, 0.1) is 12.5 Å². The number of amides is 2. The number of aryl methyl sites for hydroxylation is 1. The summed E-state index contributed by atoms with van der Waals surface area (Å²) in [4.78, 5) is 27.2. The Balaban J connectivity index is 1.51. The van der Waals surface area contributed by atoms with Crippen LogP contribution in [-0.2, 0) is 26.2 Å². The highest BCUT2D eigenvalue weighted by Gasteiger charge is 2.37. The second-order valence-electron chi connectivity index (χ2n) is 8.87. The summed E-state index contributed by atoms with van der Waals surface area (Å²) in [5, 5.41) is 3.22. The van der Waals surface area contributed by atoms with Crippen molar-refractivity contribution in [2.75, 3.05) is 26.3 Å². The van der Waals surface area contributed by atoms with Gasteiger partial charge in [-0.1, -0.05) is 48.5 Å². The van der Waals surface area contributed by atoms with E-state index in [-0.39, 0.29) is 29.7 Å². The largest absolute Gasteiger partial charge is 0.381 e. The zero-order chi connectivity index (χ0) is 21.8. The number of ether oxygens (including phenoxy) is 1.